The highest BCUT2D eigenvalue weighted by molar-refractivity contribution is 5.50. The summed E-state index contributed by atoms with van der Waals surface area (Å²) in [6, 6.07) is 20.0. The van der Waals surface area contributed by atoms with Crippen molar-refractivity contribution in [1.29, 1.82) is 5.26 Å². The van der Waals surface area contributed by atoms with Gasteiger partial charge >= 0.3 is 0 Å². The Kier molecular flexibility index (Phi) is 5.42. The molecular formula is C18H18N2. The maximum absolute atomic E-state index is 9.17. The second kappa shape index (κ2) is 7.81. The van der Waals surface area contributed by atoms with E-state index in [4.69, 9.17) is 0 Å². The lowest BCUT2D eigenvalue weighted by molar-refractivity contribution is 0.828. The van der Waals surface area contributed by atoms with E-state index in [2.05, 4.69) is 30.5 Å². The Morgan fingerprint density at radius 3 is 2.25 bits per heavy atom. The van der Waals surface area contributed by atoms with Gasteiger partial charge in [-0.2, -0.15) is 5.26 Å². The summed E-state index contributed by atoms with van der Waals surface area (Å²) in [6.07, 6.45) is 8.46. The van der Waals surface area contributed by atoms with Gasteiger partial charge in [-0.15, -0.1) is 0 Å². The van der Waals surface area contributed by atoms with Crippen LogP contribution in [0.4, 0.5) is 5.69 Å². The van der Waals surface area contributed by atoms with Gasteiger partial charge in [0, 0.05) is 6.54 Å². The molecule has 0 saturated heterocycles. The van der Waals surface area contributed by atoms with Gasteiger partial charge in [0.15, 0.2) is 6.19 Å². The molecule has 0 unspecified atom stereocenters. The third kappa shape index (κ3) is 4.29. The first kappa shape index (κ1) is 13.9. The van der Waals surface area contributed by atoms with Crippen molar-refractivity contribution in [1.82, 2.24) is 0 Å². The highest BCUT2D eigenvalue weighted by atomic mass is 15.1. The summed E-state index contributed by atoms with van der Waals surface area (Å²) in [7, 11) is 0. The molecule has 0 atom stereocenters. The van der Waals surface area contributed by atoms with Crippen LogP contribution >= 0.6 is 0 Å². The number of benzene rings is 2. The number of unbranched alkanes of at least 4 members (excludes halogenated alkanes) is 1. The van der Waals surface area contributed by atoms with Crippen LogP contribution in [-0.2, 0) is 0 Å². The SMILES string of the molecule is N#CN(CCCC=Cc1ccccc1)c1ccccc1. The standard InChI is InChI=1S/C18H18N2/c19-16-20(18-13-7-2-8-14-18)15-9-3-6-12-17-10-4-1-5-11-17/h1-2,4-8,10-14H,3,9,15H2. The molecule has 100 valence electrons. The van der Waals surface area contributed by atoms with Gasteiger partial charge in [-0.05, 0) is 30.5 Å². The molecule has 0 bridgehead atoms. The Morgan fingerprint density at radius 1 is 0.950 bits per heavy atom. The fourth-order valence-corrected chi connectivity index (χ4v) is 2.00. The number of nitrogens with zero attached hydrogens (tertiary/aromatic N) is 2. The number of hydrogen-bond donors (Lipinski definition) is 0. The molecule has 2 aromatic rings. The van der Waals surface area contributed by atoms with E-state index in [9.17, 15) is 5.26 Å². The Bertz CT molecular complexity index is 567. The molecule has 2 rings (SSSR count). The minimum absolute atomic E-state index is 0.750. The second-order valence-electron chi connectivity index (χ2n) is 4.54. The Balaban J connectivity index is 1.78. The topological polar surface area (TPSA) is 27.0 Å². The van der Waals surface area contributed by atoms with Crippen LogP contribution in [0.1, 0.15) is 18.4 Å². The first-order valence-electron chi connectivity index (χ1n) is 6.84. The van der Waals surface area contributed by atoms with Crippen molar-refractivity contribution in [3.8, 4) is 6.19 Å². The normalized spacial score (nSPS) is 10.3. The van der Waals surface area contributed by atoms with Crippen molar-refractivity contribution in [2.24, 2.45) is 0 Å². The first-order chi connectivity index (χ1) is 9.90. The van der Waals surface area contributed by atoms with Crippen LogP contribution in [0.15, 0.2) is 66.7 Å². The molecule has 2 nitrogen and oxygen atoms in total. The largest absolute Gasteiger partial charge is 0.279 e. The summed E-state index contributed by atoms with van der Waals surface area (Å²) in [5.41, 5.74) is 2.18. The van der Waals surface area contributed by atoms with E-state index in [1.54, 1.807) is 4.90 Å². The first-order valence-corrected chi connectivity index (χ1v) is 6.84. The molecule has 0 heterocycles. The van der Waals surface area contributed by atoms with E-state index in [1.807, 2.05) is 48.5 Å². The third-order valence-corrected chi connectivity index (χ3v) is 3.05. The van der Waals surface area contributed by atoms with Crippen LogP contribution in [0.3, 0.4) is 0 Å². The lowest BCUT2D eigenvalue weighted by Gasteiger charge is -2.14. The summed E-state index contributed by atoms with van der Waals surface area (Å²) < 4.78 is 0. The highest BCUT2D eigenvalue weighted by Crippen LogP contribution is 2.13. The minimum atomic E-state index is 0.750. The highest BCUT2D eigenvalue weighted by Gasteiger charge is 2.02. The molecule has 0 aliphatic carbocycles. The molecule has 0 radical (unpaired) electrons. The lowest BCUT2D eigenvalue weighted by atomic mass is 10.2. The predicted molar refractivity (Wildman–Crippen MR) is 84.1 cm³/mol. The lowest BCUT2D eigenvalue weighted by Crippen LogP contribution is -2.17. The van der Waals surface area contributed by atoms with E-state index < -0.39 is 0 Å². The molecule has 0 spiro atoms. The number of para-hydroxylation sites is 1. The zero-order valence-corrected chi connectivity index (χ0v) is 11.4. The molecule has 0 saturated carbocycles. The monoisotopic (exact) mass is 262 g/mol. The van der Waals surface area contributed by atoms with Gasteiger partial charge in [0.1, 0.15) is 0 Å². The Hall–Kier alpha value is -2.53. The van der Waals surface area contributed by atoms with Crippen LogP contribution in [0, 0.1) is 11.5 Å². The fourth-order valence-electron chi connectivity index (χ4n) is 2.00. The zero-order chi connectivity index (χ0) is 14.0. The summed E-state index contributed by atoms with van der Waals surface area (Å²) in [5, 5.41) is 9.17. The van der Waals surface area contributed by atoms with Gasteiger partial charge in [0.2, 0.25) is 0 Å². The van der Waals surface area contributed by atoms with Crippen molar-refractivity contribution in [2.75, 3.05) is 11.4 Å². The average molecular weight is 262 g/mol. The summed E-state index contributed by atoms with van der Waals surface area (Å²) in [4.78, 5) is 1.73. The van der Waals surface area contributed by atoms with Crippen LogP contribution in [0.5, 0.6) is 0 Å². The number of nitriles is 1. The molecule has 0 aromatic heterocycles. The maximum Gasteiger partial charge on any atom is 0.184 e. The summed E-state index contributed by atoms with van der Waals surface area (Å²) in [5.74, 6) is 0. The van der Waals surface area contributed by atoms with Gasteiger partial charge in [0.05, 0.1) is 5.69 Å². The molecule has 0 amide bonds. The zero-order valence-electron chi connectivity index (χ0n) is 11.4. The van der Waals surface area contributed by atoms with Crippen molar-refractivity contribution >= 4 is 11.8 Å². The smallest absolute Gasteiger partial charge is 0.184 e. The van der Waals surface area contributed by atoms with E-state index in [0.29, 0.717) is 0 Å². The summed E-state index contributed by atoms with van der Waals surface area (Å²) >= 11 is 0. The predicted octanol–water partition coefficient (Wildman–Crippen LogP) is 4.47. The van der Waals surface area contributed by atoms with Gasteiger partial charge < -0.3 is 0 Å². The molecule has 20 heavy (non-hydrogen) atoms. The number of hydrogen-bond acceptors (Lipinski definition) is 2. The Morgan fingerprint density at radius 2 is 1.60 bits per heavy atom. The molecular weight excluding hydrogens is 244 g/mol. The molecule has 2 aromatic carbocycles. The van der Waals surface area contributed by atoms with Crippen molar-refractivity contribution in [3.63, 3.8) is 0 Å². The van der Waals surface area contributed by atoms with Gasteiger partial charge in [-0.1, -0.05) is 60.7 Å². The van der Waals surface area contributed by atoms with Gasteiger partial charge in [-0.3, -0.25) is 4.90 Å². The van der Waals surface area contributed by atoms with Crippen molar-refractivity contribution < 1.29 is 0 Å². The molecule has 0 aliphatic rings. The Labute approximate surface area is 120 Å². The average Bonchev–Trinajstić information content (AvgIpc) is 2.53. The molecule has 0 N–H and O–H groups in total. The number of anilines is 1. The van der Waals surface area contributed by atoms with E-state index in [1.165, 1.54) is 5.56 Å². The molecule has 0 aliphatic heterocycles. The van der Waals surface area contributed by atoms with Gasteiger partial charge in [-0.25, -0.2) is 0 Å². The van der Waals surface area contributed by atoms with Crippen LogP contribution < -0.4 is 4.90 Å². The van der Waals surface area contributed by atoms with Crippen LogP contribution in [0.25, 0.3) is 6.08 Å². The van der Waals surface area contributed by atoms with Crippen LogP contribution in [0.2, 0.25) is 0 Å². The number of rotatable bonds is 6. The maximum atomic E-state index is 9.17. The van der Waals surface area contributed by atoms with Crippen molar-refractivity contribution in [3.05, 3.63) is 72.3 Å². The van der Waals surface area contributed by atoms with E-state index in [-0.39, 0.29) is 0 Å². The third-order valence-electron chi connectivity index (χ3n) is 3.05. The molecule has 0 fully saturated rings. The quantitative estimate of drug-likeness (QED) is 0.436. The van der Waals surface area contributed by atoms with E-state index >= 15 is 0 Å². The minimum Gasteiger partial charge on any atom is -0.279 e. The van der Waals surface area contributed by atoms with Crippen molar-refractivity contribution in [2.45, 2.75) is 12.8 Å². The van der Waals surface area contributed by atoms with Crippen LogP contribution in [-0.4, -0.2) is 6.54 Å². The number of allylic oxidation sites excluding steroid dienone is 1. The fraction of sp³-hybridized carbons (Fsp3) is 0.167. The van der Waals surface area contributed by atoms with E-state index in [0.717, 1.165) is 25.1 Å². The van der Waals surface area contributed by atoms with Gasteiger partial charge in [0.25, 0.3) is 0 Å². The summed E-state index contributed by atoms with van der Waals surface area (Å²) in [6.45, 7) is 0.750. The second-order valence-corrected chi connectivity index (χ2v) is 4.54. The molecule has 2 heteroatoms.